The monoisotopic (exact) mass is 452 g/mol. The highest BCUT2D eigenvalue weighted by Gasteiger charge is 2.27. The number of guanidine groups is 1. The van der Waals surface area contributed by atoms with Gasteiger partial charge in [-0.15, -0.1) is 24.0 Å². The quantitative estimate of drug-likeness (QED) is 0.257. The predicted octanol–water partition coefficient (Wildman–Crippen LogP) is 2.22. The second kappa shape index (κ2) is 12.1. The number of likely N-dealkylation sites (tertiary alicyclic amines) is 1. The first-order valence-corrected chi connectivity index (χ1v) is 7.79. The van der Waals surface area contributed by atoms with Crippen molar-refractivity contribution in [3.05, 3.63) is 0 Å². The molecule has 1 atom stereocenters. The Kier molecular flexibility index (Phi) is 12.0. The maximum Gasteiger partial charge on any atom is 0.411 e. The first kappa shape index (κ1) is 22.7. The van der Waals surface area contributed by atoms with Gasteiger partial charge >= 0.3 is 6.18 Å². The average Bonchev–Trinajstić information content (AvgIpc) is 2.92. The minimum absolute atomic E-state index is 0. The van der Waals surface area contributed by atoms with Gasteiger partial charge in [-0.2, -0.15) is 13.2 Å². The predicted molar refractivity (Wildman–Crippen MR) is 96.5 cm³/mol. The van der Waals surface area contributed by atoms with E-state index in [2.05, 4.69) is 32.2 Å². The molecular formula is C14H28F3IN4O. The maximum atomic E-state index is 11.9. The van der Waals surface area contributed by atoms with Gasteiger partial charge in [0.15, 0.2) is 5.96 Å². The van der Waals surface area contributed by atoms with Crippen molar-refractivity contribution in [1.82, 2.24) is 15.5 Å². The largest absolute Gasteiger partial charge is 0.411 e. The fourth-order valence-electron chi connectivity index (χ4n) is 2.55. The lowest BCUT2D eigenvalue weighted by Crippen LogP contribution is -2.45. The summed E-state index contributed by atoms with van der Waals surface area (Å²) in [7, 11) is 1.68. The molecule has 23 heavy (non-hydrogen) atoms. The topological polar surface area (TPSA) is 48.9 Å². The molecule has 1 heterocycles. The number of hydrogen-bond donors (Lipinski definition) is 2. The highest BCUT2D eigenvalue weighted by molar-refractivity contribution is 14.0. The van der Waals surface area contributed by atoms with Crippen molar-refractivity contribution >= 4 is 29.9 Å². The Labute approximate surface area is 153 Å². The van der Waals surface area contributed by atoms with Crippen molar-refractivity contribution in [1.29, 1.82) is 0 Å². The van der Waals surface area contributed by atoms with Crippen LogP contribution >= 0.6 is 24.0 Å². The number of halogens is 4. The van der Waals surface area contributed by atoms with Crippen LogP contribution in [0.1, 0.15) is 26.2 Å². The molecule has 0 aromatic rings. The molecule has 0 aliphatic carbocycles. The SMILES string of the molecule is CCN1CCCC1CNC(=NC)NCCCOCC(F)(F)F.I. The zero-order valence-corrected chi connectivity index (χ0v) is 16.1. The summed E-state index contributed by atoms with van der Waals surface area (Å²) in [6.07, 6.45) is -1.34. The molecule has 0 amide bonds. The molecule has 1 fully saturated rings. The Morgan fingerprint density at radius 1 is 1.35 bits per heavy atom. The molecule has 0 radical (unpaired) electrons. The Hall–Kier alpha value is -0.290. The van der Waals surface area contributed by atoms with Crippen LogP contribution in [0.5, 0.6) is 0 Å². The summed E-state index contributed by atoms with van der Waals surface area (Å²) in [4.78, 5) is 6.55. The second-order valence-electron chi connectivity index (χ2n) is 5.33. The summed E-state index contributed by atoms with van der Waals surface area (Å²) in [6.45, 7) is 4.61. The normalized spacial score (nSPS) is 19.5. The number of hydrogen-bond acceptors (Lipinski definition) is 3. The van der Waals surface area contributed by atoms with Crippen molar-refractivity contribution in [2.75, 3.05) is 46.4 Å². The van der Waals surface area contributed by atoms with E-state index in [-0.39, 0.29) is 30.6 Å². The lowest BCUT2D eigenvalue weighted by molar-refractivity contribution is -0.173. The van der Waals surface area contributed by atoms with Crippen molar-refractivity contribution in [2.45, 2.75) is 38.4 Å². The van der Waals surface area contributed by atoms with Gasteiger partial charge in [0, 0.05) is 32.8 Å². The van der Waals surface area contributed by atoms with E-state index in [1.54, 1.807) is 7.05 Å². The lowest BCUT2D eigenvalue weighted by Gasteiger charge is -2.24. The van der Waals surface area contributed by atoms with Crippen molar-refractivity contribution in [2.24, 2.45) is 4.99 Å². The van der Waals surface area contributed by atoms with E-state index in [0.717, 1.165) is 19.6 Å². The van der Waals surface area contributed by atoms with Crippen molar-refractivity contribution < 1.29 is 17.9 Å². The van der Waals surface area contributed by atoms with Gasteiger partial charge in [-0.1, -0.05) is 6.92 Å². The van der Waals surface area contributed by atoms with Gasteiger partial charge in [0.2, 0.25) is 0 Å². The van der Waals surface area contributed by atoms with Crippen LogP contribution in [0.2, 0.25) is 0 Å². The zero-order chi connectivity index (χ0) is 16.4. The summed E-state index contributed by atoms with van der Waals surface area (Å²) in [6, 6.07) is 0.527. The average molecular weight is 452 g/mol. The molecule has 2 N–H and O–H groups in total. The van der Waals surface area contributed by atoms with Gasteiger partial charge in [-0.3, -0.25) is 9.89 Å². The molecule has 0 aromatic carbocycles. The Balaban J connectivity index is 0.00000484. The van der Waals surface area contributed by atoms with Gasteiger partial charge in [0.05, 0.1) is 0 Å². The molecule has 138 valence electrons. The highest BCUT2D eigenvalue weighted by Crippen LogP contribution is 2.15. The number of likely N-dealkylation sites (N-methyl/N-ethyl adjacent to an activating group) is 1. The smallest absolute Gasteiger partial charge is 0.372 e. The van der Waals surface area contributed by atoms with Crippen LogP contribution in [0.15, 0.2) is 4.99 Å². The maximum absolute atomic E-state index is 11.9. The van der Waals surface area contributed by atoms with E-state index < -0.39 is 12.8 Å². The van der Waals surface area contributed by atoms with Crippen LogP contribution < -0.4 is 10.6 Å². The molecule has 1 unspecified atom stereocenters. The molecule has 1 aliphatic heterocycles. The summed E-state index contributed by atoms with van der Waals surface area (Å²) in [5, 5.41) is 6.35. The number of ether oxygens (including phenoxy) is 1. The Morgan fingerprint density at radius 2 is 2.09 bits per heavy atom. The van der Waals surface area contributed by atoms with Crippen LogP contribution in [0, 0.1) is 0 Å². The molecule has 0 aromatic heterocycles. The summed E-state index contributed by atoms with van der Waals surface area (Å²) in [5.41, 5.74) is 0. The third kappa shape index (κ3) is 10.2. The van der Waals surface area contributed by atoms with Crippen LogP contribution in [0.3, 0.4) is 0 Å². The van der Waals surface area contributed by atoms with Gasteiger partial charge < -0.3 is 15.4 Å². The molecule has 0 bridgehead atoms. The van der Waals surface area contributed by atoms with Crippen molar-refractivity contribution in [3.63, 3.8) is 0 Å². The highest BCUT2D eigenvalue weighted by atomic mass is 127. The molecule has 1 saturated heterocycles. The molecule has 5 nitrogen and oxygen atoms in total. The van der Waals surface area contributed by atoms with Gasteiger partial charge in [-0.05, 0) is 32.4 Å². The summed E-state index contributed by atoms with van der Waals surface area (Å²) < 4.78 is 40.2. The second-order valence-corrected chi connectivity index (χ2v) is 5.33. The molecule has 9 heteroatoms. The number of nitrogens with one attached hydrogen (secondary N) is 2. The van der Waals surface area contributed by atoms with E-state index in [9.17, 15) is 13.2 Å². The molecule has 1 aliphatic rings. The molecule has 0 saturated carbocycles. The van der Waals surface area contributed by atoms with Gasteiger partial charge in [0.25, 0.3) is 0 Å². The third-order valence-electron chi connectivity index (χ3n) is 3.66. The van der Waals surface area contributed by atoms with Gasteiger partial charge in [0.1, 0.15) is 6.61 Å². The fourth-order valence-corrected chi connectivity index (χ4v) is 2.55. The molecular weight excluding hydrogens is 424 g/mol. The van der Waals surface area contributed by atoms with Crippen LogP contribution in [0.25, 0.3) is 0 Å². The van der Waals surface area contributed by atoms with E-state index in [1.807, 2.05) is 0 Å². The molecule has 0 spiro atoms. The zero-order valence-electron chi connectivity index (χ0n) is 13.8. The third-order valence-corrected chi connectivity index (χ3v) is 3.66. The van der Waals surface area contributed by atoms with E-state index in [1.165, 1.54) is 12.8 Å². The lowest BCUT2D eigenvalue weighted by atomic mass is 10.2. The summed E-state index contributed by atoms with van der Waals surface area (Å²) in [5.74, 6) is 0.679. The van der Waals surface area contributed by atoms with E-state index in [0.29, 0.717) is 25.0 Å². The van der Waals surface area contributed by atoms with E-state index >= 15 is 0 Å². The van der Waals surface area contributed by atoms with Crippen LogP contribution in [-0.2, 0) is 4.74 Å². The van der Waals surface area contributed by atoms with E-state index in [4.69, 9.17) is 0 Å². The number of rotatable bonds is 8. The molecule has 1 rings (SSSR count). The fraction of sp³-hybridized carbons (Fsp3) is 0.929. The standard InChI is InChI=1S/C14H27F3N4O.HI/c1-3-21-8-4-6-12(21)10-20-13(18-2)19-7-5-9-22-11-14(15,16)17;/h12H,3-11H2,1-2H3,(H2,18,19,20);1H. The minimum atomic E-state index is -4.25. The van der Waals surface area contributed by atoms with Gasteiger partial charge in [-0.25, -0.2) is 0 Å². The first-order valence-electron chi connectivity index (χ1n) is 7.79. The minimum Gasteiger partial charge on any atom is -0.372 e. The van der Waals surface area contributed by atoms with Crippen molar-refractivity contribution in [3.8, 4) is 0 Å². The number of aliphatic imine (C=N–C) groups is 1. The van der Waals surface area contributed by atoms with Crippen LogP contribution in [-0.4, -0.2) is 69.5 Å². The Morgan fingerprint density at radius 3 is 2.70 bits per heavy atom. The summed E-state index contributed by atoms with van der Waals surface area (Å²) >= 11 is 0. The van der Waals surface area contributed by atoms with Crippen LogP contribution in [0.4, 0.5) is 13.2 Å². The first-order chi connectivity index (χ1) is 10.5. The number of alkyl halides is 3. The Bertz CT molecular complexity index is 342. The number of nitrogens with zero attached hydrogens (tertiary/aromatic N) is 2.